The highest BCUT2D eigenvalue weighted by molar-refractivity contribution is 4.65. The zero-order chi connectivity index (χ0) is 16.6. The van der Waals surface area contributed by atoms with Crippen molar-refractivity contribution in [3.8, 4) is 0 Å². The van der Waals surface area contributed by atoms with Crippen molar-refractivity contribution in [3.63, 3.8) is 0 Å². The minimum absolute atomic E-state index is 0.673. The van der Waals surface area contributed by atoms with Gasteiger partial charge in [-0.3, -0.25) is 11.3 Å². The lowest BCUT2D eigenvalue weighted by Gasteiger charge is -2.28. The van der Waals surface area contributed by atoms with Crippen molar-refractivity contribution >= 4 is 0 Å². The zero-order valence-electron chi connectivity index (χ0n) is 14.7. The van der Waals surface area contributed by atoms with E-state index in [4.69, 9.17) is 11.7 Å². The molecule has 0 spiro atoms. The summed E-state index contributed by atoms with van der Waals surface area (Å²) in [6.45, 7) is 17.5. The second-order valence-corrected chi connectivity index (χ2v) is 5.24. The molecular formula is C14H36N8. The summed E-state index contributed by atoms with van der Waals surface area (Å²) in [7, 11) is 0. The molecule has 0 radical (unpaired) electrons. The average Bonchev–Trinajstić information content (AvgIpc) is 2.55. The van der Waals surface area contributed by atoms with Gasteiger partial charge in [-0.2, -0.15) is 5.11 Å². The molecule has 0 saturated heterocycles. The van der Waals surface area contributed by atoms with Gasteiger partial charge < -0.3 is 20.5 Å². The highest BCUT2D eigenvalue weighted by Crippen LogP contribution is 1.95. The van der Waals surface area contributed by atoms with Gasteiger partial charge in [0.2, 0.25) is 0 Å². The van der Waals surface area contributed by atoms with E-state index in [2.05, 4.69) is 51.2 Å². The van der Waals surface area contributed by atoms with Crippen molar-refractivity contribution in [2.24, 2.45) is 22.0 Å². The van der Waals surface area contributed by atoms with E-state index in [0.717, 1.165) is 65.4 Å². The van der Waals surface area contributed by atoms with Crippen LogP contribution >= 0.6 is 0 Å². The number of hydrogen-bond acceptors (Lipinski definition) is 7. The Labute approximate surface area is 135 Å². The SMILES string of the molecule is CCN(CCN=NN)CCN(CC)CCN(CC)CCNN. The Balaban J connectivity index is 4.01. The van der Waals surface area contributed by atoms with Gasteiger partial charge in [0.05, 0.1) is 6.54 Å². The Bertz CT molecular complexity index is 261. The Morgan fingerprint density at radius 1 is 0.773 bits per heavy atom. The molecule has 0 aliphatic heterocycles. The molecule has 0 unspecified atom stereocenters. The Kier molecular flexibility index (Phi) is 14.6. The maximum Gasteiger partial charge on any atom is 0.0747 e. The fraction of sp³-hybridized carbons (Fsp3) is 1.00. The molecule has 0 aromatic heterocycles. The molecule has 0 saturated carbocycles. The van der Waals surface area contributed by atoms with Crippen LogP contribution in [0, 0.1) is 0 Å². The second-order valence-electron chi connectivity index (χ2n) is 5.24. The molecule has 8 heteroatoms. The molecule has 5 N–H and O–H groups in total. The van der Waals surface area contributed by atoms with Crippen LogP contribution in [-0.4, -0.2) is 86.7 Å². The lowest BCUT2D eigenvalue weighted by molar-refractivity contribution is 0.187. The summed E-state index contributed by atoms with van der Waals surface area (Å²) in [5, 5.41) is 7.14. The minimum atomic E-state index is 0.673. The first kappa shape index (κ1) is 21.2. The van der Waals surface area contributed by atoms with E-state index in [-0.39, 0.29) is 0 Å². The van der Waals surface area contributed by atoms with Gasteiger partial charge in [-0.25, -0.2) is 0 Å². The minimum Gasteiger partial charge on any atom is -0.305 e. The van der Waals surface area contributed by atoms with Crippen LogP contribution in [0.4, 0.5) is 0 Å². The molecule has 0 amide bonds. The first-order chi connectivity index (χ1) is 10.7. The van der Waals surface area contributed by atoms with Crippen LogP contribution in [0.25, 0.3) is 0 Å². The van der Waals surface area contributed by atoms with Crippen molar-refractivity contribution in [1.82, 2.24) is 20.1 Å². The number of nitrogens with zero attached hydrogens (tertiary/aromatic N) is 5. The molecule has 0 aromatic rings. The van der Waals surface area contributed by atoms with E-state index in [1.54, 1.807) is 0 Å². The van der Waals surface area contributed by atoms with E-state index in [0.29, 0.717) is 6.54 Å². The number of nitrogens with two attached hydrogens (primary N) is 2. The van der Waals surface area contributed by atoms with Crippen LogP contribution in [0.2, 0.25) is 0 Å². The van der Waals surface area contributed by atoms with Gasteiger partial charge >= 0.3 is 0 Å². The summed E-state index contributed by atoms with van der Waals surface area (Å²) < 4.78 is 0. The van der Waals surface area contributed by atoms with Crippen LogP contribution in [0.1, 0.15) is 20.8 Å². The van der Waals surface area contributed by atoms with E-state index in [9.17, 15) is 0 Å². The summed E-state index contributed by atoms with van der Waals surface area (Å²) in [6.07, 6.45) is 0. The third-order valence-electron chi connectivity index (χ3n) is 3.98. The Morgan fingerprint density at radius 2 is 1.23 bits per heavy atom. The summed E-state index contributed by atoms with van der Waals surface area (Å²) in [5.41, 5.74) is 2.72. The van der Waals surface area contributed by atoms with Crippen LogP contribution < -0.4 is 17.1 Å². The van der Waals surface area contributed by atoms with E-state index < -0.39 is 0 Å². The van der Waals surface area contributed by atoms with Gasteiger partial charge in [-0.15, -0.1) is 0 Å². The standard InChI is InChI=1S/C14H36N8/c1-4-20(9-7-17-15)11-13-22(6-3)14-12-21(5-2)10-8-18-19-16/h17H,4-15H2,1-3H3,(H2,16,18). The molecule has 0 bridgehead atoms. The molecule has 0 aliphatic rings. The van der Waals surface area contributed by atoms with Gasteiger partial charge in [-0.05, 0) is 19.6 Å². The average molecular weight is 316 g/mol. The van der Waals surface area contributed by atoms with E-state index in [1.165, 1.54) is 0 Å². The molecule has 0 atom stereocenters. The quantitative estimate of drug-likeness (QED) is 0.219. The highest BCUT2D eigenvalue weighted by Gasteiger charge is 2.08. The summed E-state index contributed by atoms with van der Waals surface area (Å²) in [5.74, 6) is 10.4. The van der Waals surface area contributed by atoms with Gasteiger partial charge in [-0.1, -0.05) is 26.0 Å². The fourth-order valence-electron chi connectivity index (χ4n) is 2.32. The van der Waals surface area contributed by atoms with E-state index in [1.807, 2.05) is 0 Å². The molecule has 0 rings (SSSR count). The first-order valence-corrected chi connectivity index (χ1v) is 8.38. The topological polar surface area (TPSA) is 98.5 Å². The third kappa shape index (κ3) is 10.9. The molecule has 0 fully saturated rings. The third-order valence-corrected chi connectivity index (χ3v) is 3.98. The van der Waals surface area contributed by atoms with Crippen molar-refractivity contribution in [3.05, 3.63) is 0 Å². The molecule has 132 valence electrons. The molecule has 0 aliphatic carbocycles. The van der Waals surface area contributed by atoms with E-state index >= 15 is 0 Å². The number of hydrogen-bond donors (Lipinski definition) is 3. The van der Waals surface area contributed by atoms with Crippen molar-refractivity contribution in [2.45, 2.75) is 20.8 Å². The number of rotatable bonds is 15. The maximum atomic E-state index is 5.35. The normalized spacial score (nSPS) is 12.3. The zero-order valence-corrected chi connectivity index (χ0v) is 14.7. The van der Waals surface area contributed by atoms with Crippen molar-refractivity contribution < 1.29 is 0 Å². The lowest BCUT2D eigenvalue weighted by atomic mass is 10.3. The van der Waals surface area contributed by atoms with Crippen LogP contribution in [0.3, 0.4) is 0 Å². The molecule has 22 heavy (non-hydrogen) atoms. The first-order valence-electron chi connectivity index (χ1n) is 8.38. The summed E-state index contributed by atoms with van der Waals surface area (Å²) >= 11 is 0. The Morgan fingerprint density at radius 3 is 1.64 bits per heavy atom. The largest absolute Gasteiger partial charge is 0.305 e. The predicted octanol–water partition coefficient (Wildman–Crippen LogP) is -0.259. The number of hydrazine groups is 1. The second kappa shape index (κ2) is 15.1. The van der Waals surface area contributed by atoms with Gasteiger partial charge in [0.25, 0.3) is 0 Å². The number of likely N-dealkylation sites (N-methyl/N-ethyl adjacent to an activating group) is 3. The smallest absolute Gasteiger partial charge is 0.0747 e. The predicted molar refractivity (Wildman–Crippen MR) is 92.4 cm³/mol. The fourth-order valence-corrected chi connectivity index (χ4v) is 2.32. The van der Waals surface area contributed by atoms with Gasteiger partial charge in [0.15, 0.2) is 0 Å². The van der Waals surface area contributed by atoms with Crippen LogP contribution in [-0.2, 0) is 0 Å². The molecule has 0 heterocycles. The molecular weight excluding hydrogens is 280 g/mol. The van der Waals surface area contributed by atoms with Gasteiger partial charge in [0.1, 0.15) is 0 Å². The van der Waals surface area contributed by atoms with Crippen molar-refractivity contribution in [2.75, 3.05) is 72.0 Å². The molecule has 8 nitrogen and oxygen atoms in total. The number of nitrogens with one attached hydrogen (secondary N) is 1. The maximum absolute atomic E-state index is 5.35. The molecule has 0 aromatic carbocycles. The lowest BCUT2D eigenvalue weighted by Crippen LogP contribution is -2.42. The Hall–Kier alpha value is -0.800. The summed E-state index contributed by atoms with van der Waals surface area (Å²) in [6, 6.07) is 0. The van der Waals surface area contributed by atoms with Crippen LogP contribution in [0.5, 0.6) is 0 Å². The van der Waals surface area contributed by atoms with Crippen molar-refractivity contribution in [1.29, 1.82) is 0 Å². The van der Waals surface area contributed by atoms with Gasteiger partial charge in [0, 0.05) is 45.8 Å². The summed E-state index contributed by atoms with van der Waals surface area (Å²) in [4.78, 5) is 7.29. The van der Waals surface area contributed by atoms with Crippen LogP contribution in [0.15, 0.2) is 10.3 Å². The highest BCUT2D eigenvalue weighted by atomic mass is 15.3. The monoisotopic (exact) mass is 316 g/mol.